The van der Waals surface area contributed by atoms with Gasteiger partial charge in [0.2, 0.25) is 0 Å². The maximum atomic E-state index is 11.7. The van der Waals surface area contributed by atoms with Gasteiger partial charge in [-0.3, -0.25) is 0 Å². The molecule has 1 atom stereocenters. The molecule has 0 radical (unpaired) electrons. The number of aryl methyl sites for hydroxylation is 1. The molecule has 4 nitrogen and oxygen atoms in total. The zero-order chi connectivity index (χ0) is 13.3. The molecule has 1 N–H and O–H groups in total. The van der Waals surface area contributed by atoms with E-state index in [0.29, 0.717) is 11.5 Å². The molecule has 0 spiro atoms. The largest absolute Gasteiger partial charge is 0.371 e. The third-order valence-electron chi connectivity index (χ3n) is 3.38. The molecule has 100 valence electrons. The van der Waals surface area contributed by atoms with E-state index in [1.54, 1.807) is 12.1 Å². The fourth-order valence-corrected chi connectivity index (χ4v) is 2.90. The van der Waals surface area contributed by atoms with Crippen molar-refractivity contribution in [2.45, 2.75) is 24.8 Å². The Bertz CT molecular complexity index is 546. The Morgan fingerprint density at radius 3 is 2.61 bits per heavy atom. The molecule has 1 aromatic carbocycles. The van der Waals surface area contributed by atoms with Crippen LogP contribution >= 0.6 is 0 Å². The molecule has 1 aromatic rings. The molecule has 0 aliphatic carbocycles. The van der Waals surface area contributed by atoms with Gasteiger partial charge in [-0.25, -0.2) is 8.42 Å². The molecule has 1 unspecified atom stereocenters. The van der Waals surface area contributed by atoms with Gasteiger partial charge in [0.25, 0.3) is 0 Å². The second-order valence-corrected chi connectivity index (χ2v) is 6.81. The Hall–Kier alpha value is -0.910. The summed E-state index contributed by atoms with van der Waals surface area (Å²) in [4.78, 5) is 0.370. The zero-order valence-electron chi connectivity index (χ0n) is 11.0. The Balaban J connectivity index is 2.48. The summed E-state index contributed by atoms with van der Waals surface area (Å²) in [5, 5.41) is 3.26. The highest BCUT2D eigenvalue weighted by Gasteiger charge is 2.21. The zero-order valence-corrected chi connectivity index (χ0v) is 11.8. The van der Waals surface area contributed by atoms with E-state index in [2.05, 4.69) is 5.32 Å². The summed E-state index contributed by atoms with van der Waals surface area (Å²) in [6, 6.07) is 3.47. The van der Waals surface area contributed by atoms with E-state index in [4.69, 9.17) is 4.74 Å². The lowest BCUT2D eigenvalue weighted by Gasteiger charge is -2.26. The van der Waals surface area contributed by atoms with Crippen LogP contribution < -0.4 is 5.32 Å². The van der Waals surface area contributed by atoms with Crippen molar-refractivity contribution in [2.24, 2.45) is 0 Å². The number of benzene rings is 1. The first kappa shape index (κ1) is 13.5. The predicted octanol–water partition coefficient (Wildman–Crippen LogP) is 1.37. The number of hydrogen-bond acceptors (Lipinski definition) is 4. The van der Waals surface area contributed by atoms with Gasteiger partial charge >= 0.3 is 0 Å². The van der Waals surface area contributed by atoms with E-state index >= 15 is 0 Å². The molecule has 18 heavy (non-hydrogen) atoms. The molecule has 0 aromatic heterocycles. The van der Waals surface area contributed by atoms with Crippen LogP contribution in [-0.2, 0) is 14.6 Å². The maximum Gasteiger partial charge on any atom is 0.175 e. The Morgan fingerprint density at radius 2 is 2.06 bits per heavy atom. The van der Waals surface area contributed by atoms with Crippen molar-refractivity contribution in [3.05, 3.63) is 28.8 Å². The van der Waals surface area contributed by atoms with Crippen LogP contribution in [0.15, 0.2) is 17.0 Å². The van der Waals surface area contributed by atoms with Gasteiger partial charge in [0.15, 0.2) is 9.84 Å². The number of nitrogens with one attached hydrogen (secondary N) is 1. The molecule has 0 amide bonds. The van der Waals surface area contributed by atoms with Crippen LogP contribution in [0.3, 0.4) is 0 Å². The smallest absolute Gasteiger partial charge is 0.175 e. The third-order valence-corrected chi connectivity index (χ3v) is 4.48. The number of morpholine rings is 1. The van der Waals surface area contributed by atoms with Crippen molar-refractivity contribution < 1.29 is 13.2 Å². The van der Waals surface area contributed by atoms with E-state index in [1.165, 1.54) is 6.26 Å². The molecule has 0 bridgehead atoms. The van der Waals surface area contributed by atoms with Crippen molar-refractivity contribution in [1.29, 1.82) is 0 Å². The predicted molar refractivity (Wildman–Crippen MR) is 70.6 cm³/mol. The first-order valence-electron chi connectivity index (χ1n) is 6.03. The van der Waals surface area contributed by atoms with Crippen LogP contribution in [0.2, 0.25) is 0 Å². The van der Waals surface area contributed by atoms with E-state index < -0.39 is 9.84 Å². The lowest BCUT2D eigenvalue weighted by atomic mass is 9.98. The number of rotatable bonds is 2. The molecule has 1 aliphatic rings. The highest BCUT2D eigenvalue weighted by atomic mass is 32.2. The van der Waals surface area contributed by atoms with Crippen molar-refractivity contribution in [3.8, 4) is 0 Å². The summed E-state index contributed by atoms with van der Waals surface area (Å²) >= 11 is 0. The Morgan fingerprint density at radius 1 is 1.33 bits per heavy atom. The lowest BCUT2D eigenvalue weighted by Crippen LogP contribution is -2.33. The van der Waals surface area contributed by atoms with Crippen LogP contribution in [0.4, 0.5) is 0 Å². The summed E-state index contributed by atoms with van der Waals surface area (Å²) < 4.78 is 29.1. The summed E-state index contributed by atoms with van der Waals surface area (Å²) in [6.45, 7) is 6.18. The fraction of sp³-hybridized carbons (Fsp3) is 0.538. The number of hydrogen-bond donors (Lipinski definition) is 1. The Labute approximate surface area is 108 Å². The first-order valence-corrected chi connectivity index (χ1v) is 7.92. The van der Waals surface area contributed by atoms with Crippen LogP contribution in [0.5, 0.6) is 0 Å². The van der Waals surface area contributed by atoms with Crippen LogP contribution in [0.25, 0.3) is 0 Å². The highest BCUT2D eigenvalue weighted by Crippen LogP contribution is 2.27. The van der Waals surface area contributed by atoms with E-state index in [9.17, 15) is 8.42 Å². The van der Waals surface area contributed by atoms with Gasteiger partial charge in [-0.15, -0.1) is 0 Å². The average Bonchev–Trinajstić information content (AvgIpc) is 2.32. The summed E-state index contributed by atoms with van der Waals surface area (Å²) in [5.41, 5.74) is 3.07. The summed E-state index contributed by atoms with van der Waals surface area (Å²) in [5.74, 6) is 0. The SMILES string of the molecule is Cc1cc(S(C)(=O)=O)cc(C2CNCCO2)c1C. The minimum Gasteiger partial charge on any atom is -0.371 e. The molecular weight excluding hydrogens is 250 g/mol. The lowest BCUT2D eigenvalue weighted by molar-refractivity contribution is 0.0271. The van der Waals surface area contributed by atoms with Gasteiger partial charge in [0, 0.05) is 19.3 Å². The van der Waals surface area contributed by atoms with E-state index in [0.717, 1.165) is 29.8 Å². The van der Waals surface area contributed by atoms with Crippen LogP contribution in [0, 0.1) is 13.8 Å². The number of ether oxygens (including phenoxy) is 1. The second-order valence-electron chi connectivity index (χ2n) is 4.79. The van der Waals surface area contributed by atoms with Crippen LogP contribution in [0.1, 0.15) is 22.8 Å². The third kappa shape index (κ3) is 2.74. The monoisotopic (exact) mass is 269 g/mol. The fourth-order valence-electron chi connectivity index (χ4n) is 2.17. The number of sulfone groups is 1. The van der Waals surface area contributed by atoms with Gasteiger partial charge in [0.05, 0.1) is 17.6 Å². The average molecular weight is 269 g/mol. The highest BCUT2D eigenvalue weighted by molar-refractivity contribution is 7.90. The molecule has 1 saturated heterocycles. The van der Waals surface area contributed by atoms with Gasteiger partial charge in [-0.05, 0) is 42.7 Å². The van der Waals surface area contributed by atoms with Gasteiger partial charge < -0.3 is 10.1 Å². The van der Waals surface area contributed by atoms with Gasteiger partial charge in [-0.1, -0.05) is 0 Å². The molecule has 1 heterocycles. The van der Waals surface area contributed by atoms with Crippen molar-refractivity contribution in [3.63, 3.8) is 0 Å². The molecule has 0 saturated carbocycles. The van der Waals surface area contributed by atoms with Crippen molar-refractivity contribution in [2.75, 3.05) is 26.0 Å². The minimum absolute atomic E-state index is 0.0563. The van der Waals surface area contributed by atoms with Gasteiger partial charge in [0.1, 0.15) is 0 Å². The molecule has 1 fully saturated rings. The molecule has 2 rings (SSSR count). The topological polar surface area (TPSA) is 55.4 Å². The van der Waals surface area contributed by atoms with E-state index in [1.807, 2.05) is 13.8 Å². The Kier molecular flexibility index (Phi) is 3.75. The maximum absolute atomic E-state index is 11.7. The summed E-state index contributed by atoms with van der Waals surface area (Å²) in [7, 11) is -3.18. The van der Waals surface area contributed by atoms with Crippen molar-refractivity contribution >= 4 is 9.84 Å². The molecular formula is C13H19NO3S. The first-order chi connectivity index (χ1) is 8.39. The standard InChI is InChI=1S/C13H19NO3S/c1-9-6-11(18(3,15)16)7-12(10(9)2)13-8-14-4-5-17-13/h6-7,13-14H,4-5,8H2,1-3H3. The molecule has 5 heteroatoms. The van der Waals surface area contributed by atoms with Crippen molar-refractivity contribution in [1.82, 2.24) is 5.32 Å². The molecule has 1 aliphatic heterocycles. The van der Waals surface area contributed by atoms with E-state index in [-0.39, 0.29) is 6.10 Å². The summed E-state index contributed by atoms with van der Waals surface area (Å²) in [6.07, 6.45) is 1.18. The second kappa shape index (κ2) is 4.99. The van der Waals surface area contributed by atoms with Crippen LogP contribution in [-0.4, -0.2) is 34.4 Å². The normalized spacial score (nSPS) is 20.9. The van der Waals surface area contributed by atoms with Gasteiger partial charge in [-0.2, -0.15) is 0 Å². The minimum atomic E-state index is -3.18. The quantitative estimate of drug-likeness (QED) is 0.881.